The molecule has 3 rings (SSSR count). The molecule has 0 amide bonds. The van der Waals surface area contributed by atoms with Crippen LogP contribution in [-0.4, -0.2) is 11.4 Å². The second-order valence-corrected chi connectivity index (χ2v) is 6.51. The first-order valence-corrected chi connectivity index (χ1v) is 7.14. The molecule has 2 aromatic carbocycles. The third-order valence-corrected chi connectivity index (χ3v) is 4.68. The summed E-state index contributed by atoms with van der Waals surface area (Å²) in [7, 11) is 0. The van der Waals surface area contributed by atoms with E-state index in [1.54, 1.807) is 0 Å². The maximum absolute atomic E-state index is 5.99. The third-order valence-electron chi connectivity index (χ3n) is 4.68. The number of hydrogen-bond donors (Lipinski definition) is 0. The summed E-state index contributed by atoms with van der Waals surface area (Å²) in [6.07, 6.45) is 0. The van der Waals surface area contributed by atoms with E-state index in [0.29, 0.717) is 0 Å². The van der Waals surface area contributed by atoms with E-state index in [4.69, 9.17) is 4.42 Å². The smallest absolute Gasteiger partial charge is 0.250 e. The lowest BCUT2D eigenvalue weighted by Crippen LogP contribution is -2.54. The molecule has 0 aromatic heterocycles. The van der Waals surface area contributed by atoms with E-state index in [1.807, 2.05) is 6.07 Å². The van der Waals surface area contributed by atoms with E-state index in [-0.39, 0.29) is 11.0 Å². The number of benzene rings is 2. The molecule has 20 heavy (non-hydrogen) atoms. The molecule has 0 unspecified atom stereocenters. The van der Waals surface area contributed by atoms with Crippen molar-refractivity contribution in [2.75, 3.05) is 0 Å². The fourth-order valence-electron chi connectivity index (χ4n) is 2.60. The van der Waals surface area contributed by atoms with Gasteiger partial charge in [0.15, 0.2) is 5.41 Å². The van der Waals surface area contributed by atoms with Gasteiger partial charge in [-0.05, 0) is 37.1 Å². The van der Waals surface area contributed by atoms with Crippen molar-refractivity contribution in [3.8, 4) is 11.1 Å². The minimum Gasteiger partial charge on any atom is -0.250 e. The molecule has 2 aromatic rings. The Bertz CT molecular complexity index is 646. The largest absolute Gasteiger partial charge is 0.343 e. The molecular weight excluding hydrogens is 244 g/mol. The summed E-state index contributed by atoms with van der Waals surface area (Å²) in [4.78, 5) is 0. The van der Waals surface area contributed by atoms with Crippen molar-refractivity contribution in [2.24, 2.45) is 5.41 Å². The first-order chi connectivity index (χ1) is 9.42. The first kappa shape index (κ1) is 13.1. The summed E-state index contributed by atoms with van der Waals surface area (Å²) in [5.74, 6) is 1.10. The van der Waals surface area contributed by atoms with Crippen LogP contribution in [0.3, 0.4) is 0 Å². The van der Waals surface area contributed by atoms with Gasteiger partial charge in [0, 0.05) is 13.8 Å². The molecule has 0 radical (unpaired) electrons. The molecule has 0 N–H and O–H groups in total. The molecule has 1 heteroatoms. The summed E-state index contributed by atoms with van der Waals surface area (Å²) >= 11 is 0. The van der Waals surface area contributed by atoms with Gasteiger partial charge in [0.1, 0.15) is 0 Å². The van der Waals surface area contributed by atoms with Gasteiger partial charge in [0.2, 0.25) is 0 Å². The second-order valence-electron chi connectivity index (χ2n) is 6.51. The molecule has 1 heterocycles. The van der Waals surface area contributed by atoms with Crippen molar-refractivity contribution < 1.29 is 4.42 Å². The van der Waals surface area contributed by atoms with Gasteiger partial charge in [0.25, 0.3) is 5.60 Å². The van der Waals surface area contributed by atoms with Crippen LogP contribution in [0.25, 0.3) is 11.1 Å². The molecule has 0 saturated heterocycles. The van der Waals surface area contributed by atoms with Gasteiger partial charge in [-0.2, -0.15) is 0 Å². The molecule has 0 aliphatic carbocycles. The van der Waals surface area contributed by atoms with Crippen molar-refractivity contribution in [3.63, 3.8) is 0 Å². The fourth-order valence-corrected chi connectivity index (χ4v) is 2.60. The lowest BCUT2D eigenvalue weighted by Gasteiger charge is -2.34. The van der Waals surface area contributed by atoms with Crippen LogP contribution in [0.5, 0.6) is 0 Å². The first-order valence-electron chi connectivity index (χ1n) is 7.14. The monoisotopic (exact) mass is 265 g/mol. The summed E-state index contributed by atoms with van der Waals surface area (Å²) in [6, 6.07) is 19.1. The Morgan fingerprint density at radius 2 is 1.15 bits per heavy atom. The molecule has 1 aliphatic rings. The molecule has 0 spiro atoms. The van der Waals surface area contributed by atoms with Crippen LogP contribution in [0, 0.1) is 5.41 Å². The molecule has 0 fully saturated rings. The lowest BCUT2D eigenvalue weighted by molar-refractivity contribution is -0.451. The number of hydrogen-bond acceptors (Lipinski definition) is 0. The van der Waals surface area contributed by atoms with Gasteiger partial charge in [-0.25, -0.2) is 0 Å². The van der Waals surface area contributed by atoms with Crippen LogP contribution in [-0.2, 0) is 0 Å². The van der Waals surface area contributed by atoms with Crippen LogP contribution < -0.4 is 0 Å². The molecule has 0 saturated carbocycles. The van der Waals surface area contributed by atoms with Crippen LogP contribution in [0.2, 0.25) is 0 Å². The third kappa shape index (κ3) is 1.89. The zero-order valence-electron chi connectivity index (χ0n) is 12.6. The quantitative estimate of drug-likeness (QED) is 0.685. The SMILES string of the molecule is CC1(C)[O+]=C(c2ccc(-c3ccccc3)cc2)C1(C)C. The van der Waals surface area contributed by atoms with Crippen LogP contribution in [0.4, 0.5) is 0 Å². The van der Waals surface area contributed by atoms with Gasteiger partial charge < -0.3 is 0 Å². The predicted octanol–water partition coefficient (Wildman–Crippen LogP) is 4.89. The van der Waals surface area contributed by atoms with Gasteiger partial charge in [-0.1, -0.05) is 42.5 Å². The molecule has 1 nitrogen and oxygen atoms in total. The average molecular weight is 265 g/mol. The molecule has 102 valence electrons. The average Bonchev–Trinajstić information content (AvgIpc) is 2.46. The Morgan fingerprint density at radius 1 is 0.650 bits per heavy atom. The van der Waals surface area contributed by atoms with Gasteiger partial charge in [-0.3, -0.25) is 4.42 Å². The summed E-state index contributed by atoms with van der Waals surface area (Å²) in [5, 5.41) is 0. The van der Waals surface area contributed by atoms with Crippen molar-refractivity contribution in [3.05, 3.63) is 60.2 Å². The van der Waals surface area contributed by atoms with Crippen LogP contribution in [0.1, 0.15) is 37.7 Å². The highest BCUT2D eigenvalue weighted by molar-refractivity contribution is 6.03. The summed E-state index contributed by atoms with van der Waals surface area (Å²) in [5.41, 5.74) is 3.68. The normalized spacial score (nSPS) is 19.1. The van der Waals surface area contributed by atoms with Crippen LogP contribution >= 0.6 is 0 Å². The molecule has 0 bridgehead atoms. The Balaban J connectivity index is 1.93. The van der Waals surface area contributed by atoms with E-state index in [1.165, 1.54) is 16.7 Å². The predicted molar refractivity (Wildman–Crippen MR) is 84.1 cm³/mol. The Kier molecular flexibility index (Phi) is 2.82. The summed E-state index contributed by atoms with van der Waals surface area (Å²) < 4.78 is 5.99. The molecular formula is C19H21O+. The van der Waals surface area contributed by atoms with E-state index in [2.05, 4.69) is 76.2 Å². The van der Waals surface area contributed by atoms with Crippen molar-refractivity contribution >= 4 is 5.78 Å². The van der Waals surface area contributed by atoms with Crippen molar-refractivity contribution in [1.82, 2.24) is 0 Å². The van der Waals surface area contributed by atoms with E-state index in [9.17, 15) is 0 Å². The minimum atomic E-state index is -0.0829. The zero-order chi connectivity index (χ0) is 14.4. The summed E-state index contributed by atoms with van der Waals surface area (Å²) in [6.45, 7) is 8.79. The number of rotatable bonds is 2. The van der Waals surface area contributed by atoms with Gasteiger partial charge in [0.05, 0.1) is 5.56 Å². The fraction of sp³-hybridized carbons (Fsp3) is 0.316. The van der Waals surface area contributed by atoms with Gasteiger partial charge >= 0.3 is 5.78 Å². The second kappa shape index (κ2) is 4.31. The van der Waals surface area contributed by atoms with Crippen molar-refractivity contribution in [1.29, 1.82) is 0 Å². The van der Waals surface area contributed by atoms with E-state index in [0.717, 1.165) is 5.78 Å². The highest BCUT2D eigenvalue weighted by atomic mass is 16.4. The maximum Gasteiger partial charge on any atom is 0.343 e. The highest BCUT2D eigenvalue weighted by Crippen LogP contribution is 2.45. The van der Waals surface area contributed by atoms with Crippen LogP contribution in [0.15, 0.2) is 54.6 Å². The number of ketones is 1. The Hall–Kier alpha value is -1.89. The van der Waals surface area contributed by atoms with Crippen molar-refractivity contribution in [2.45, 2.75) is 33.3 Å². The van der Waals surface area contributed by atoms with E-state index < -0.39 is 0 Å². The maximum atomic E-state index is 5.99. The standard InChI is InChI=1S/C19H21O/c1-18(2)17(20-19(18,3)4)16-12-10-15(11-13-16)14-8-6-5-7-9-14/h5-13H,1-4H3/q+1. The Labute approximate surface area is 121 Å². The van der Waals surface area contributed by atoms with E-state index >= 15 is 0 Å². The minimum absolute atomic E-state index is 0.0829. The van der Waals surface area contributed by atoms with Gasteiger partial charge in [-0.15, -0.1) is 0 Å². The lowest BCUT2D eigenvalue weighted by atomic mass is 9.68. The topological polar surface area (TPSA) is 11.3 Å². The highest BCUT2D eigenvalue weighted by Gasteiger charge is 2.64. The molecule has 0 atom stereocenters. The zero-order valence-corrected chi connectivity index (χ0v) is 12.6. The number of carbonyl (C=O) groups excluding carboxylic acids is 1. The Morgan fingerprint density at radius 3 is 1.65 bits per heavy atom. The molecule has 1 aliphatic heterocycles.